The van der Waals surface area contributed by atoms with Crippen LogP contribution in [0.5, 0.6) is 0 Å². The number of hydrogen-bond donors (Lipinski definition) is 2. The molecule has 0 aromatic heterocycles. The highest BCUT2D eigenvalue weighted by Crippen LogP contribution is 2.36. The molecule has 1 aliphatic heterocycles. The van der Waals surface area contributed by atoms with Gasteiger partial charge in [0.2, 0.25) is 5.91 Å². The van der Waals surface area contributed by atoms with Gasteiger partial charge in [0, 0.05) is 30.9 Å². The van der Waals surface area contributed by atoms with Gasteiger partial charge in [0.25, 0.3) is 0 Å². The fourth-order valence-corrected chi connectivity index (χ4v) is 5.73. The Balaban J connectivity index is 1.59. The van der Waals surface area contributed by atoms with E-state index in [0.29, 0.717) is 24.2 Å². The van der Waals surface area contributed by atoms with Gasteiger partial charge in [-0.15, -0.1) is 0 Å². The number of amides is 1. The molecule has 4 rings (SSSR count). The Morgan fingerprint density at radius 2 is 1.79 bits per heavy atom. The van der Waals surface area contributed by atoms with E-state index in [-0.39, 0.29) is 24.0 Å². The van der Waals surface area contributed by atoms with E-state index in [9.17, 15) is 9.90 Å². The SMILES string of the molecule is COC1CCC(/C(C)=N/N2C(=O)C3CCCCC3NC2C2=C(O)CCCC2)CC1. The standard InChI is InChI=1S/C23H37N3O3/c1-15(16-11-13-17(29-2)14-12-16)25-26-22(19-8-4-6-10-21(19)27)24-20-9-5-3-7-18(20)23(26)28/h16-18,20,22,24,27H,3-14H2,1-2H3/b25-15+. The second kappa shape index (κ2) is 9.17. The number of allylic oxidation sites excluding steroid dienone is 1. The maximum atomic E-state index is 13.5. The molecule has 3 fully saturated rings. The predicted octanol–water partition coefficient (Wildman–Crippen LogP) is 4.27. The van der Waals surface area contributed by atoms with Crippen molar-refractivity contribution in [1.82, 2.24) is 10.3 Å². The molecule has 3 aliphatic carbocycles. The van der Waals surface area contributed by atoms with E-state index in [1.165, 1.54) is 6.42 Å². The van der Waals surface area contributed by atoms with Crippen molar-refractivity contribution in [2.24, 2.45) is 16.9 Å². The number of nitrogens with one attached hydrogen (secondary N) is 1. The quantitative estimate of drug-likeness (QED) is 0.688. The number of carbonyl (C=O) groups excluding carboxylic acids is 1. The Bertz CT molecular complexity index is 666. The summed E-state index contributed by atoms with van der Waals surface area (Å²) in [6.07, 6.45) is 12.2. The van der Waals surface area contributed by atoms with Crippen LogP contribution in [0.2, 0.25) is 0 Å². The Morgan fingerprint density at radius 3 is 2.52 bits per heavy atom. The average Bonchev–Trinajstić information content (AvgIpc) is 2.76. The van der Waals surface area contributed by atoms with Gasteiger partial charge in [-0.2, -0.15) is 5.10 Å². The topological polar surface area (TPSA) is 74.2 Å². The van der Waals surface area contributed by atoms with Crippen molar-refractivity contribution in [3.05, 3.63) is 11.3 Å². The first kappa shape index (κ1) is 20.9. The molecular weight excluding hydrogens is 366 g/mol. The minimum absolute atomic E-state index is 0.0205. The highest BCUT2D eigenvalue weighted by Gasteiger charge is 2.45. The molecule has 6 nitrogen and oxygen atoms in total. The third-order valence-corrected chi connectivity index (χ3v) is 7.60. The molecule has 0 aromatic carbocycles. The van der Waals surface area contributed by atoms with Crippen molar-refractivity contribution >= 4 is 11.6 Å². The van der Waals surface area contributed by atoms with Crippen LogP contribution in [0.1, 0.15) is 84.0 Å². The number of fused-ring (bicyclic) bond motifs is 1. The first-order valence-electron chi connectivity index (χ1n) is 11.7. The van der Waals surface area contributed by atoms with Gasteiger partial charge >= 0.3 is 0 Å². The first-order chi connectivity index (χ1) is 14.1. The Hall–Kier alpha value is -1.40. The molecule has 4 aliphatic rings. The lowest BCUT2D eigenvalue weighted by molar-refractivity contribution is -0.145. The molecule has 0 bridgehead atoms. The van der Waals surface area contributed by atoms with Crippen LogP contribution in [0, 0.1) is 11.8 Å². The van der Waals surface area contributed by atoms with Crippen LogP contribution < -0.4 is 5.32 Å². The van der Waals surface area contributed by atoms with Crippen molar-refractivity contribution in [2.75, 3.05) is 7.11 Å². The van der Waals surface area contributed by atoms with Gasteiger partial charge in [0.1, 0.15) is 6.17 Å². The van der Waals surface area contributed by atoms with Gasteiger partial charge in [-0.3, -0.25) is 10.1 Å². The monoisotopic (exact) mass is 403 g/mol. The van der Waals surface area contributed by atoms with Crippen LogP contribution in [0.15, 0.2) is 16.4 Å². The Morgan fingerprint density at radius 1 is 1.07 bits per heavy atom. The molecule has 3 atom stereocenters. The Kier molecular flexibility index (Phi) is 6.60. The first-order valence-corrected chi connectivity index (χ1v) is 11.7. The molecule has 29 heavy (non-hydrogen) atoms. The van der Waals surface area contributed by atoms with E-state index < -0.39 is 0 Å². The highest BCUT2D eigenvalue weighted by molar-refractivity contribution is 5.87. The normalized spacial score (nSPS) is 36.9. The Labute approximate surface area is 174 Å². The molecule has 1 amide bonds. The van der Waals surface area contributed by atoms with Crippen LogP contribution >= 0.6 is 0 Å². The zero-order valence-corrected chi connectivity index (χ0v) is 18.0. The number of methoxy groups -OCH3 is 1. The molecular formula is C23H37N3O3. The van der Waals surface area contributed by atoms with Gasteiger partial charge in [0.15, 0.2) is 0 Å². The molecule has 6 heteroatoms. The second-order valence-electron chi connectivity index (χ2n) is 9.38. The molecule has 1 heterocycles. The van der Waals surface area contributed by atoms with Crippen LogP contribution in [0.25, 0.3) is 0 Å². The number of rotatable bonds is 4. The molecule has 3 unspecified atom stereocenters. The summed E-state index contributed by atoms with van der Waals surface area (Å²) in [4.78, 5) is 13.5. The van der Waals surface area contributed by atoms with E-state index >= 15 is 0 Å². The average molecular weight is 404 g/mol. The van der Waals surface area contributed by atoms with E-state index in [0.717, 1.165) is 75.5 Å². The fourth-order valence-electron chi connectivity index (χ4n) is 5.73. The lowest BCUT2D eigenvalue weighted by Gasteiger charge is -2.45. The summed E-state index contributed by atoms with van der Waals surface area (Å²) in [7, 11) is 1.79. The zero-order chi connectivity index (χ0) is 20.4. The molecule has 162 valence electrons. The number of hydrazone groups is 1. The number of ether oxygens (including phenoxy) is 1. The summed E-state index contributed by atoms with van der Waals surface area (Å²) in [6.45, 7) is 2.07. The lowest BCUT2D eigenvalue weighted by Crippen LogP contribution is -2.63. The number of aliphatic hydroxyl groups excluding tert-OH is 1. The maximum absolute atomic E-state index is 13.5. The number of hydrogen-bond acceptors (Lipinski definition) is 5. The smallest absolute Gasteiger partial charge is 0.249 e. The van der Waals surface area contributed by atoms with Gasteiger partial charge in [-0.1, -0.05) is 12.8 Å². The van der Waals surface area contributed by atoms with Crippen molar-refractivity contribution in [1.29, 1.82) is 0 Å². The third-order valence-electron chi connectivity index (χ3n) is 7.60. The van der Waals surface area contributed by atoms with Gasteiger partial charge in [0.05, 0.1) is 17.8 Å². The molecule has 0 aromatic rings. The van der Waals surface area contributed by atoms with E-state index in [4.69, 9.17) is 9.84 Å². The second-order valence-corrected chi connectivity index (χ2v) is 9.38. The van der Waals surface area contributed by atoms with Crippen molar-refractivity contribution < 1.29 is 14.6 Å². The van der Waals surface area contributed by atoms with E-state index in [1.807, 2.05) is 0 Å². The van der Waals surface area contributed by atoms with E-state index in [2.05, 4.69) is 12.2 Å². The summed E-state index contributed by atoms with van der Waals surface area (Å²) in [6, 6.07) is 0.215. The van der Waals surface area contributed by atoms with Crippen molar-refractivity contribution in [3.8, 4) is 0 Å². The summed E-state index contributed by atoms with van der Waals surface area (Å²) in [5, 5.41) is 21.0. The summed E-state index contributed by atoms with van der Waals surface area (Å²) in [5.41, 5.74) is 2.03. The predicted molar refractivity (Wildman–Crippen MR) is 114 cm³/mol. The van der Waals surface area contributed by atoms with Crippen LogP contribution in [-0.4, -0.2) is 47.2 Å². The molecule has 1 saturated heterocycles. The van der Waals surface area contributed by atoms with Crippen LogP contribution in [-0.2, 0) is 9.53 Å². The van der Waals surface area contributed by atoms with Crippen LogP contribution in [0.4, 0.5) is 0 Å². The maximum Gasteiger partial charge on any atom is 0.249 e. The largest absolute Gasteiger partial charge is 0.512 e. The van der Waals surface area contributed by atoms with Crippen molar-refractivity contribution in [2.45, 2.75) is 102 Å². The molecule has 2 N–H and O–H groups in total. The number of carbonyl (C=O) groups is 1. The fraction of sp³-hybridized carbons (Fsp3) is 0.826. The summed E-state index contributed by atoms with van der Waals surface area (Å²) in [5.74, 6) is 1.04. The minimum atomic E-state index is -0.285. The van der Waals surface area contributed by atoms with Crippen LogP contribution in [0.3, 0.4) is 0 Å². The molecule has 0 spiro atoms. The number of nitrogens with zero attached hydrogens (tertiary/aromatic N) is 2. The zero-order valence-electron chi connectivity index (χ0n) is 18.0. The number of aliphatic hydroxyl groups is 1. The summed E-state index contributed by atoms with van der Waals surface area (Å²) < 4.78 is 5.51. The van der Waals surface area contributed by atoms with Gasteiger partial charge in [-0.05, 0) is 70.6 Å². The van der Waals surface area contributed by atoms with E-state index in [1.54, 1.807) is 12.1 Å². The molecule has 0 radical (unpaired) electrons. The summed E-state index contributed by atoms with van der Waals surface area (Å²) >= 11 is 0. The highest BCUT2D eigenvalue weighted by atomic mass is 16.5. The third kappa shape index (κ3) is 4.38. The van der Waals surface area contributed by atoms with Crippen molar-refractivity contribution in [3.63, 3.8) is 0 Å². The molecule has 2 saturated carbocycles. The lowest BCUT2D eigenvalue weighted by atomic mass is 9.80. The minimum Gasteiger partial charge on any atom is -0.512 e. The van der Waals surface area contributed by atoms with Gasteiger partial charge in [-0.25, -0.2) is 5.01 Å². The van der Waals surface area contributed by atoms with Gasteiger partial charge < -0.3 is 9.84 Å².